The van der Waals surface area contributed by atoms with Crippen LogP contribution in [0.3, 0.4) is 0 Å². The van der Waals surface area contributed by atoms with Crippen molar-refractivity contribution in [1.29, 1.82) is 0 Å². The van der Waals surface area contributed by atoms with Gasteiger partial charge in [0.1, 0.15) is 5.75 Å². The molecule has 1 atom stereocenters. The second kappa shape index (κ2) is 7.04. The van der Waals surface area contributed by atoms with Gasteiger partial charge in [0.25, 0.3) is 0 Å². The van der Waals surface area contributed by atoms with Gasteiger partial charge in [-0.25, -0.2) is 8.42 Å². The van der Waals surface area contributed by atoms with E-state index in [1.54, 1.807) is 7.11 Å². The van der Waals surface area contributed by atoms with E-state index in [1.165, 1.54) is 6.26 Å². The van der Waals surface area contributed by atoms with Gasteiger partial charge in [0.2, 0.25) is 0 Å². The Morgan fingerprint density at radius 1 is 1.17 bits per heavy atom. The molecular formula is C18H23NO3S. The van der Waals surface area contributed by atoms with Gasteiger partial charge in [0.15, 0.2) is 9.84 Å². The van der Waals surface area contributed by atoms with Crippen LogP contribution in [0.5, 0.6) is 5.75 Å². The van der Waals surface area contributed by atoms with E-state index >= 15 is 0 Å². The van der Waals surface area contributed by atoms with Crippen molar-refractivity contribution in [2.45, 2.75) is 25.6 Å². The second-order valence-corrected chi connectivity index (χ2v) is 8.01. The van der Waals surface area contributed by atoms with Crippen molar-refractivity contribution >= 4 is 15.5 Å². The Morgan fingerprint density at radius 2 is 1.91 bits per heavy atom. The number of hydrogen-bond acceptors (Lipinski definition) is 4. The zero-order valence-electron chi connectivity index (χ0n) is 14.0. The predicted molar refractivity (Wildman–Crippen MR) is 94.8 cm³/mol. The molecule has 0 aliphatic heterocycles. The van der Waals surface area contributed by atoms with E-state index in [0.29, 0.717) is 0 Å². The van der Waals surface area contributed by atoms with E-state index in [2.05, 4.69) is 18.3 Å². The zero-order chi connectivity index (χ0) is 17.0. The highest BCUT2D eigenvalue weighted by Crippen LogP contribution is 2.25. The van der Waals surface area contributed by atoms with Gasteiger partial charge in [-0.3, -0.25) is 0 Å². The Bertz CT molecular complexity index is 785. The van der Waals surface area contributed by atoms with Gasteiger partial charge in [-0.1, -0.05) is 24.3 Å². The van der Waals surface area contributed by atoms with E-state index < -0.39 is 9.84 Å². The maximum atomic E-state index is 11.4. The van der Waals surface area contributed by atoms with Crippen molar-refractivity contribution in [3.63, 3.8) is 0 Å². The van der Waals surface area contributed by atoms with Crippen molar-refractivity contribution in [1.82, 2.24) is 0 Å². The van der Waals surface area contributed by atoms with Gasteiger partial charge in [-0.15, -0.1) is 0 Å². The summed E-state index contributed by atoms with van der Waals surface area (Å²) in [6.07, 6.45) is 1.25. The van der Waals surface area contributed by atoms with Crippen molar-refractivity contribution in [2.75, 3.05) is 18.7 Å². The fourth-order valence-corrected chi connectivity index (χ4v) is 3.34. The highest BCUT2D eigenvalue weighted by Gasteiger charge is 2.09. The Balaban J connectivity index is 2.15. The standard InChI is InChI=1S/C18H23NO3S/c1-13-10-16(8-9-18(13)22-3)14(2)19-17-7-5-6-15(11-17)12-23(4,20)21/h5-11,14,19H,12H2,1-4H3/t14-/m1/s1. The molecule has 5 heteroatoms. The van der Waals surface area contributed by atoms with Gasteiger partial charge in [-0.05, 0) is 48.7 Å². The summed E-state index contributed by atoms with van der Waals surface area (Å²) >= 11 is 0. The van der Waals surface area contributed by atoms with Gasteiger partial charge < -0.3 is 10.1 Å². The third kappa shape index (κ3) is 4.99. The SMILES string of the molecule is COc1ccc([C@@H](C)Nc2cccc(CS(C)(=O)=O)c2)cc1C. The lowest BCUT2D eigenvalue weighted by Crippen LogP contribution is -2.08. The molecule has 0 amide bonds. The number of nitrogens with one attached hydrogen (secondary N) is 1. The van der Waals surface area contributed by atoms with Crippen molar-refractivity contribution in [2.24, 2.45) is 0 Å². The van der Waals surface area contributed by atoms with Crippen LogP contribution in [0.25, 0.3) is 0 Å². The second-order valence-electron chi connectivity index (χ2n) is 5.87. The third-order valence-corrected chi connectivity index (χ3v) is 4.52. The summed E-state index contributed by atoms with van der Waals surface area (Å²) in [5.74, 6) is 0.926. The molecular weight excluding hydrogens is 310 g/mol. The molecule has 0 spiro atoms. The molecule has 23 heavy (non-hydrogen) atoms. The van der Waals surface area contributed by atoms with E-state index in [1.807, 2.05) is 43.3 Å². The smallest absolute Gasteiger partial charge is 0.151 e. The quantitative estimate of drug-likeness (QED) is 0.875. The highest BCUT2D eigenvalue weighted by atomic mass is 32.2. The number of methoxy groups -OCH3 is 1. The molecule has 1 N–H and O–H groups in total. The number of benzene rings is 2. The topological polar surface area (TPSA) is 55.4 Å². The van der Waals surface area contributed by atoms with Crippen LogP contribution in [0.2, 0.25) is 0 Å². The normalized spacial score (nSPS) is 12.7. The molecule has 0 bridgehead atoms. The predicted octanol–water partition coefficient (Wildman–Crippen LogP) is 3.72. The molecule has 2 aromatic rings. The minimum atomic E-state index is -3.03. The molecule has 0 heterocycles. The van der Waals surface area contributed by atoms with E-state index in [-0.39, 0.29) is 11.8 Å². The summed E-state index contributed by atoms with van der Waals surface area (Å²) in [4.78, 5) is 0. The first kappa shape index (κ1) is 17.3. The fourth-order valence-electron chi connectivity index (χ4n) is 2.56. The minimum absolute atomic E-state index is 0.0541. The number of hydrogen-bond donors (Lipinski definition) is 1. The lowest BCUT2D eigenvalue weighted by molar-refractivity contribution is 0.411. The molecule has 0 radical (unpaired) electrons. The first-order valence-electron chi connectivity index (χ1n) is 7.46. The van der Waals surface area contributed by atoms with Gasteiger partial charge in [0.05, 0.1) is 12.9 Å². The molecule has 124 valence electrons. The van der Waals surface area contributed by atoms with Crippen molar-refractivity contribution in [3.05, 3.63) is 59.2 Å². The van der Waals surface area contributed by atoms with Crippen LogP contribution < -0.4 is 10.1 Å². The van der Waals surface area contributed by atoms with Gasteiger partial charge in [0, 0.05) is 18.0 Å². The molecule has 0 saturated carbocycles. The Morgan fingerprint density at radius 3 is 2.52 bits per heavy atom. The molecule has 4 nitrogen and oxygen atoms in total. The largest absolute Gasteiger partial charge is 0.496 e. The monoisotopic (exact) mass is 333 g/mol. The Hall–Kier alpha value is -2.01. The number of anilines is 1. The maximum Gasteiger partial charge on any atom is 0.151 e. The van der Waals surface area contributed by atoms with E-state index in [9.17, 15) is 8.42 Å². The number of sulfone groups is 1. The summed E-state index contributed by atoms with van der Waals surface area (Å²) in [6, 6.07) is 13.7. The van der Waals surface area contributed by atoms with Crippen LogP contribution >= 0.6 is 0 Å². The van der Waals surface area contributed by atoms with Crippen LogP contribution in [0, 0.1) is 6.92 Å². The van der Waals surface area contributed by atoms with E-state index in [0.717, 1.165) is 28.1 Å². The van der Waals surface area contributed by atoms with Crippen LogP contribution in [-0.4, -0.2) is 21.8 Å². The fraction of sp³-hybridized carbons (Fsp3) is 0.333. The molecule has 0 saturated heterocycles. The van der Waals surface area contributed by atoms with E-state index in [4.69, 9.17) is 4.74 Å². The van der Waals surface area contributed by atoms with Crippen LogP contribution in [0.4, 0.5) is 5.69 Å². The van der Waals surface area contributed by atoms with Crippen molar-refractivity contribution < 1.29 is 13.2 Å². The molecule has 0 unspecified atom stereocenters. The van der Waals surface area contributed by atoms with Gasteiger partial charge >= 0.3 is 0 Å². The zero-order valence-corrected chi connectivity index (χ0v) is 14.8. The van der Waals surface area contributed by atoms with Crippen LogP contribution in [0.15, 0.2) is 42.5 Å². The number of aryl methyl sites for hydroxylation is 1. The first-order chi connectivity index (χ1) is 10.8. The summed E-state index contributed by atoms with van der Waals surface area (Å²) in [5, 5.41) is 3.41. The summed E-state index contributed by atoms with van der Waals surface area (Å²) in [7, 11) is -1.37. The molecule has 0 aromatic heterocycles. The van der Waals surface area contributed by atoms with Gasteiger partial charge in [-0.2, -0.15) is 0 Å². The lowest BCUT2D eigenvalue weighted by atomic mass is 10.0. The van der Waals surface area contributed by atoms with Crippen molar-refractivity contribution in [3.8, 4) is 5.75 Å². The number of ether oxygens (including phenoxy) is 1. The minimum Gasteiger partial charge on any atom is -0.496 e. The first-order valence-corrected chi connectivity index (χ1v) is 9.52. The van der Waals surface area contributed by atoms with Crippen LogP contribution in [-0.2, 0) is 15.6 Å². The summed E-state index contributed by atoms with van der Waals surface area (Å²) in [6.45, 7) is 4.09. The Labute approximate surface area is 138 Å². The Kier molecular flexibility index (Phi) is 5.31. The highest BCUT2D eigenvalue weighted by molar-refractivity contribution is 7.89. The maximum absolute atomic E-state index is 11.4. The average Bonchev–Trinajstić information content (AvgIpc) is 2.45. The molecule has 2 aromatic carbocycles. The molecule has 0 aliphatic carbocycles. The molecule has 0 fully saturated rings. The molecule has 2 rings (SSSR count). The third-order valence-electron chi connectivity index (χ3n) is 3.66. The summed E-state index contributed by atoms with van der Waals surface area (Å²) < 4.78 is 28.1. The summed E-state index contributed by atoms with van der Waals surface area (Å²) in [5.41, 5.74) is 3.93. The molecule has 0 aliphatic rings. The number of rotatable bonds is 6. The van der Waals surface area contributed by atoms with Crippen LogP contribution in [0.1, 0.15) is 29.7 Å². The average molecular weight is 333 g/mol. The lowest BCUT2D eigenvalue weighted by Gasteiger charge is -2.18.